The van der Waals surface area contributed by atoms with Crippen molar-refractivity contribution in [2.24, 2.45) is 5.73 Å². The molecular weight excluding hydrogens is 414 g/mol. The quantitative estimate of drug-likeness (QED) is 0.629. The Bertz CT molecular complexity index is 1200. The third kappa shape index (κ3) is 3.31. The molecule has 0 fully saturated rings. The molecule has 2 amide bonds. The van der Waals surface area contributed by atoms with Gasteiger partial charge in [-0.25, -0.2) is 4.98 Å². The molecule has 3 aromatic rings. The molecule has 0 spiro atoms. The number of nitrogens with two attached hydrogens (primary N) is 1. The maximum atomic E-state index is 13.8. The smallest absolute Gasteiger partial charge is 0.422 e. The number of hydrogen-bond acceptors (Lipinski definition) is 7. The van der Waals surface area contributed by atoms with Crippen molar-refractivity contribution in [3.8, 4) is 22.9 Å². The van der Waals surface area contributed by atoms with E-state index in [1.807, 2.05) is 0 Å². The van der Waals surface area contributed by atoms with Crippen LogP contribution in [0, 0.1) is 0 Å². The Morgan fingerprint density at radius 2 is 2.00 bits per heavy atom. The van der Waals surface area contributed by atoms with Gasteiger partial charge >= 0.3 is 12.0 Å². The molecule has 0 aromatic carbocycles. The lowest BCUT2D eigenvalue weighted by Crippen LogP contribution is -2.38. The Morgan fingerprint density at radius 1 is 1.23 bits per heavy atom. The van der Waals surface area contributed by atoms with Gasteiger partial charge in [0.2, 0.25) is 0 Å². The lowest BCUT2D eigenvalue weighted by atomic mass is 10.1. The van der Waals surface area contributed by atoms with Crippen LogP contribution < -0.4 is 20.1 Å². The van der Waals surface area contributed by atoms with E-state index in [2.05, 4.69) is 15.1 Å². The third-order valence-corrected chi connectivity index (χ3v) is 4.75. The van der Waals surface area contributed by atoms with Gasteiger partial charge in [0.05, 0.1) is 55.8 Å². The molecule has 10 nitrogen and oxygen atoms in total. The summed E-state index contributed by atoms with van der Waals surface area (Å²) in [5.41, 5.74) is 6.75. The molecule has 0 aliphatic carbocycles. The first-order valence-electron chi connectivity index (χ1n) is 8.89. The Hall–Kier alpha value is -4.09. The maximum absolute atomic E-state index is 13.8. The molecule has 4 heterocycles. The van der Waals surface area contributed by atoms with Gasteiger partial charge in [0.1, 0.15) is 0 Å². The van der Waals surface area contributed by atoms with Crippen LogP contribution >= 0.6 is 0 Å². The van der Waals surface area contributed by atoms with E-state index in [4.69, 9.17) is 15.2 Å². The molecule has 31 heavy (non-hydrogen) atoms. The number of aromatic nitrogens is 4. The van der Waals surface area contributed by atoms with Crippen LogP contribution in [0.5, 0.6) is 11.6 Å². The standard InChI is InChI=1S/C19H16F2N6O4/c1-30-15-5-10(6-23-16(15)31-2)13-4-3-12-14(25-13)9-26(17(12)28)11-7-24-27(8-11)19(20,21)18(22)29/h3-8H,9H2,1-2H3,(H2,22,29). The topological polar surface area (TPSA) is 125 Å². The van der Waals surface area contributed by atoms with E-state index in [1.54, 1.807) is 24.4 Å². The summed E-state index contributed by atoms with van der Waals surface area (Å²) in [7, 11) is 2.96. The van der Waals surface area contributed by atoms with Gasteiger partial charge < -0.3 is 15.2 Å². The molecule has 0 saturated carbocycles. The fraction of sp³-hybridized carbons (Fsp3) is 0.211. The molecule has 4 rings (SSSR count). The minimum Gasteiger partial charge on any atom is -0.491 e. The van der Waals surface area contributed by atoms with Gasteiger partial charge in [-0.1, -0.05) is 0 Å². The van der Waals surface area contributed by atoms with Crippen LogP contribution in [-0.2, 0) is 17.4 Å². The number of anilines is 1. The van der Waals surface area contributed by atoms with E-state index in [-0.39, 0.29) is 16.9 Å². The Kier molecular flexibility index (Phi) is 4.76. The van der Waals surface area contributed by atoms with Crippen molar-refractivity contribution in [3.63, 3.8) is 0 Å². The first-order valence-corrected chi connectivity index (χ1v) is 8.89. The van der Waals surface area contributed by atoms with Crippen LogP contribution in [-0.4, -0.2) is 45.8 Å². The van der Waals surface area contributed by atoms with E-state index in [9.17, 15) is 18.4 Å². The Labute approximate surface area is 174 Å². The summed E-state index contributed by atoms with van der Waals surface area (Å²) in [6, 6.07) is 0.928. The van der Waals surface area contributed by atoms with Gasteiger partial charge in [0, 0.05) is 11.8 Å². The molecule has 0 radical (unpaired) electrons. The predicted molar refractivity (Wildman–Crippen MR) is 103 cm³/mol. The van der Waals surface area contributed by atoms with Crippen LogP contribution in [0.25, 0.3) is 11.3 Å². The number of methoxy groups -OCH3 is 2. The van der Waals surface area contributed by atoms with Gasteiger partial charge in [-0.15, -0.1) is 0 Å². The number of hydrogen-bond donors (Lipinski definition) is 1. The molecule has 0 bridgehead atoms. The van der Waals surface area contributed by atoms with Crippen LogP contribution in [0.15, 0.2) is 36.8 Å². The lowest BCUT2D eigenvalue weighted by Gasteiger charge is -2.14. The number of primary amides is 1. The van der Waals surface area contributed by atoms with Crippen molar-refractivity contribution in [2.45, 2.75) is 12.6 Å². The summed E-state index contributed by atoms with van der Waals surface area (Å²) in [6.45, 7) is 0.0383. The van der Waals surface area contributed by atoms with Crippen molar-refractivity contribution in [2.75, 3.05) is 19.1 Å². The van der Waals surface area contributed by atoms with Crippen LogP contribution in [0.1, 0.15) is 16.1 Å². The SMILES string of the molecule is COc1cc(-c2ccc3c(n2)CN(c2cnn(C(F)(F)C(N)=O)c2)C3=O)cnc1OC. The molecule has 160 valence electrons. The normalized spacial score (nSPS) is 13.3. The van der Waals surface area contributed by atoms with E-state index >= 15 is 0 Å². The number of halogens is 2. The van der Waals surface area contributed by atoms with E-state index in [0.717, 1.165) is 12.4 Å². The highest BCUT2D eigenvalue weighted by molar-refractivity contribution is 6.09. The van der Waals surface area contributed by atoms with Crippen molar-refractivity contribution >= 4 is 17.5 Å². The molecule has 0 atom stereocenters. The van der Waals surface area contributed by atoms with Gasteiger partial charge in [-0.3, -0.25) is 19.5 Å². The molecule has 12 heteroatoms. The summed E-state index contributed by atoms with van der Waals surface area (Å²) in [4.78, 5) is 33.6. The number of amides is 2. The average molecular weight is 430 g/mol. The largest absolute Gasteiger partial charge is 0.491 e. The van der Waals surface area contributed by atoms with E-state index in [0.29, 0.717) is 34.1 Å². The molecule has 1 aliphatic heterocycles. The second-order valence-corrected chi connectivity index (χ2v) is 6.57. The van der Waals surface area contributed by atoms with Crippen molar-refractivity contribution < 1.29 is 27.8 Å². The number of carbonyl (C=O) groups excluding carboxylic acids is 2. The zero-order valence-corrected chi connectivity index (χ0v) is 16.4. The van der Waals surface area contributed by atoms with Gasteiger partial charge in [0.15, 0.2) is 5.75 Å². The van der Waals surface area contributed by atoms with Crippen molar-refractivity contribution in [1.29, 1.82) is 0 Å². The number of pyridine rings is 2. The highest BCUT2D eigenvalue weighted by atomic mass is 19.3. The van der Waals surface area contributed by atoms with Gasteiger partial charge in [-0.05, 0) is 18.2 Å². The number of rotatable bonds is 6. The average Bonchev–Trinajstić information content (AvgIpc) is 3.38. The van der Waals surface area contributed by atoms with Gasteiger partial charge in [0.25, 0.3) is 11.8 Å². The zero-order chi connectivity index (χ0) is 22.3. The molecular formula is C19H16F2N6O4. The number of alkyl halides is 2. The van der Waals surface area contributed by atoms with Crippen LogP contribution in [0.2, 0.25) is 0 Å². The first kappa shape index (κ1) is 20.2. The lowest BCUT2D eigenvalue weighted by molar-refractivity contribution is -0.159. The monoisotopic (exact) mass is 430 g/mol. The summed E-state index contributed by atoms with van der Waals surface area (Å²) >= 11 is 0. The molecule has 0 unspecified atom stereocenters. The predicted octanol–water partition coefficient (Wildman–Crippen LogP) is 1.55. The minimum atomic E-state index is -4.01. The number of ether oxygens (including phenoxy) is 2. The fourth-order valence-electron chi connectivity index (χ4n) is 3.14. The molecule has 2 N–H and O–H groups in total. The van der Waals surface area contributed by atoms with Crippen molar-refractivity contribution in [3.05, 3.63) is 48.0 Å². The summed E-state index contributed by atoms with van der Waals surface area (Å²) in [5, 5.41) is 3.47. The molecule has 3 aromatic heterocycles. The summed E-state index contributed by atoms with van der Waals surface area (Å²) in [5.74, 6) is -1.55. The van der Waals surface area contributed by atoms with Gasteiger partial charge in [-0.2, -0.15) is 18.6 Å². The summed E-state index contributed by atoms with van der Waals surface area (Å²) < 4.78 is 38.1. The second kappa shape index (κ2) is 7.31. The highest BCUT2D eigenvalue weighted by Crippen LogP contribution is 2.33. The molecule has 1 aliphatic rings. The maximum Gasteiger partial charge on any atom is 0.422 e. The Morgan fingerprint density at radius 3 is 2.68 bits per heavy atom. The second-order valence-electron chi connectivity index (χ2n) is 6.57. The third-order valence-electron chi connectivity index (χ3n) is 4.75. The van der Waals surface area contributed by atoms with Crippen molar-refractivity contribution in [1.82, 2.24) is 19.7 Å². The minimum absolute atomic E-state index is 0.0383. The number of nitrogens with zero attached hydrogens (tertiary/aromatic N) is 5. The Balaban J connectivity index is 1.64. The number of fused-ring (bicyclic) bond motifs is 1. The zero-order valence-electron chi connectivity index (χ0n) is 16.4. The van der Waals surface area contributed by atoms with E-state index < -0.39 is 17.9 Å². The summed E-state index contributed by atoms with van der Waals surface area (Å²) in [6.07, 6.45) is 3.49. The first-order chi connectivity index (χ1) is 14.8. The molecule has 0 saturated heterocycles. The van der Waals surface area contributed by atoms with Crippen LogP contribution in [0.4, 0.5) is 14.5 Å². The van der Waals surface area contributed by atoms with Crippen LogP contribution in [0.3, 0.4) is 0 Å². The fourth-order valence-corrected chi connectivity index (χ4v) is 3.14. The highest BCUT2D eigenvalue weighted by Gasteiger charge is 2.41. The number of carbonyl (C=O) groups is 2. The van der Waals surface area contributed by atoms with E-state index in [1.165, 1.54) is 19.1 Å².